The van der Waals surface area contributed by atoms with Gasteiger partial charge in [-0.1, -0.05) is 18.2 Å². The molecule has 23 heavy (non-hydrogen) atoms. The van der Waals surface area contributed by atoms with E-state index in [9.17, 15) is 15.2 Å². The molecule has 0 fully saturated rings. The van der Waals surface area contributed by atoms with E-state index in [2.05, 4.69) is 21.2 Å². The van der Waals surface area contributed by atoms with Crippen molar-refractivity contribution in [1.29, 1.82) is 5.26 Å². The second-order valence-corrected chi connectivity index (χ2v) is 6.79. The quantitative estimate of drug-likeness (QED) is 0.381. The van der Waals surface area contributed by atoms with Crippen molar-refractivity contribution in [2.45, 2.75) is 6.92 Å². The van der Waals surface area contributed by atoms with E-state index in [1.807, 2.05) is 53.8 Å². The zero-order valence-electron chi connectivity index (χ0n) is 12.1. The lowest BCUT2D eigenvalue weighted by atomic mass is 10.1. The van der Waals surface area contributed by atoms with Gasteiger partial charge in [-0.05, 0) is 80.8 Å². The van der Waals surface area contributed by atoms with Crippen LogP contribution < -0.4 is 5.32 Å². The zero-order chi connectivity index (χ0) is 17.0. The third kappa shape index (κ3) is 4.33. The van der Waals surface area contributed by atoms with Gasteiger partial charge in [-0.2, -0.15) is 5.26 Å². The molecule has 0 aromatic heterocycles. The van der Waals surface area contributed by atoms with Gasteiger partial charge in [-0.3, -0.25) is 4.79 Å². The van der Waals surface area contributed by atoms with Gasteiger partial charge in [0.1, 0.15) is 17.4 Å². The second-order valence-electron chi connectivity index (χ2n) is 4.77. The maximum atomic E-state index is 12.3. The third-order valence-electron chi connectivity index (χ3n) is 3.11. The molecule has 6 heteroatoms. The summed E-state index contributed by atoms with van der Waals surface area (Å²) < 4.78 is 1.13. The average Bonchev–Trinajstić information content (AvgIpc) is 2.52. The van der Waals surface area contributed by atoms with Crippen molar-refractivity contribution < 1.29 is 9.90 Å². The van der Waals surface area contributed by atoms with Crippen LogP contribution in [0.15, 0.2) is 46.4 Å². The predicted molar refractivity (Wildman–Crippen MR) is 102 cm³/mol. The molecule has 1 amide bonds. The summed E-state index contributed by atoms with van der Waals surface area (Å²) in [6.07, 6.45) is 1.49. The first-order valence-corrected chi connectivity index (χ1v) is 8.46. The lowest BCUT2D eigenvalue weighted by molar-refractivity contribution is -0.112. The Morgan fingerprint density at radius 1 is 1.39 bits per heavy atom. The minimum Gasteiger partial charge on any atom is -0.506 e. The molecule has 0 heterocycles. The number of phenols is 1. The highest BCUT2D eigenvalue weighted by Crippen LogP contribution is 2.31. The van der Waals surface area contributed by atoms with Gasteiger partial charge in [-0.25, -0.2) is 0 Å². The van der Waals surface area contributed by atoms with Gasteiger partial charge in [-0.15, -0.1) is 0 Å². The second kappa shape index (κ2) is 7.62. The SMILES string of the molecule is Cc1ccccc1NC(=O)/C(C#N)=C\c1cc(Br)c(O)c(I)c1. The van der Waals surface area contributed by atoms with Crippen molar-refractivity contribution in [3.05, 3.63) is 61.1 Å². The molecule has 2 aromatic rings. The molecule has 0 saturated carbocycles. The minimum absolute atomic E-state index is 0.0124. The van der Waals surface area contributed by atoms with Crippen molar-refractivity contribution in [3.63, 3.8) is 0 Å². The monoisotopic (exact) mass is 482 g/mol. The largest absolute Gasteiger partial charge is 0.506 e. The molecule has 0 unspecified atom stereocenters. The fourth-order valence-electron chi connectivity index (χ4n) is 1.89. The van der Waals surface area contributed by atoms with Gasteiger partial charge < -0.3 is 10.4 Å². The molecule has 0 saturated heterocycles. The summed E-state index contributed by atoms with van der Waals surface area (Å²) in [5.74, 6) is -0.341. The Kier molecular flexibility index (Phi) is 5.80. The number of hydrogen-bond acceptors (Lipinski definition) is 3. The zero-order valence-corrected chi connectivity index (χ0v) is 15.8. The number of benzene rings is 2. The molecule has 0 atom stereocenters. The van der Waals surface area contributed by atoms with Gasteiger partial charge in [0.05, 0.1) is 8.04 Å². The lowest BCUT2D eigenvalue weighted by Gasteiger charge is -2.07. The van der Waals surface area contributed by atoms with Crippen molar-refractivity contribution in [3.8, 4) is 11.8 Å². The Morgan fingerprint density at radius 2 is 2.09 bits per heavy atom. The van der Waals surface area contributed by atoms with Crippen LogP contribution in [0.2, 0.25) is 0 Å². The molecule has 0 bridgehead atoms. The van der Waals surface area contributed by atoms with Gasteiger partial charge in [0.25, 0.3) is 5.91 Å². The molecule has 0 radical (unpaired) electrons. The summed E-state index contributed by atoms with van der Waals surface area (Å²) >= 11 is 5.22. The van der Waals surface area contributed by atoms with Crippen LogP contribution in [0.5, 0.6) is 5.75 Å². The number of carbonyl (C=O) groups excluding carboxylic acids is 1. The molecule has 4 nitrogen and oxygen atoms in total. The number of rotatable bonds is 3. The van der Waals surface area contributed by atoms with Gasteiger partial charge in [0.15, 0.2) is 0 Å². The van der Waals surface area contributed by atoms with Crippen LogP contribution in [0.4, 0.5) is 5.69 Å². The van der Waals surface area contributed by atoms with E-state index in [0.29, 0.717) is 19.3 Å². The number of nitrogens with one attached hydrogen (secondary N) is 1. The molecular formula is C17H12BrIN2O2. The van der Waals surface area contributed by atoms with E-state index in [4.69, 9.17) is 0 Å². The number of carbonyl (C=O) groups is 1. The summed E-state index contributed by atoms with van der Waals surface area (Å²) in [6, 6.07) is 12.6. The van der Waals surface area contributed by atoms with Crippen LogP contribution in [0, 0.1) is 21.8 Å². The average molecular weight is 483 g/mol. The first kappa shape index (κ1) is 17.5. The van der Waals surface area contributed by atoms with Crippen molar-refractivity contribution in [1.82, 2.24) is 0 Å². The topological polar surface area (TPSA) is 73.1 Å². The molecule has 0 spiro atoms. The van der Waals surface area contributed by atoms with Gasteiger partial charge in [0.2, 0.25) is 0 Å². The Balaban J connectivity index is 2.31. The highest BCUT2D eigenvalue weighted by molar-refractivity contribution is 14.1. The van der Waals surface area contributed by atoms with Crippen LogP contribution >= 0.6 is 38.5 Å². The summed E-state index contributed by atoms with van der Waals surface area (Å²) in [5, 5.41) is 21.7. The first-order chi connectivity index (χ1) is 10.9. The minimum atomic E-state index is -0.471. The van der Waals surface area contributed by atoms with Crippen LogP contribution in [0.3, 0.4) is 0 Å². The summed E-state index contributed by atoms with van der Waals surface area (Å²) in [5.41, 5.74) is 2.22. The number of hydrogen-bond donors (Lipinski definition) is 2. The maximum absolute atomic E-state index is 12.3. The van der Waals surface area contributed by atoms with Crippen molar-refractivity contribution >= 4 is 56.2 Å². The van der Waals surface area contributed by atoms with E-state index in [0.717, 1.165) is 5.56 Å². The summed E-state index contributed by atoms with van der Waals surface area (Å²) in [6.45, 7) is 1.88. The van der Waals surface area contributed by atoms with Crippen LogP contribution in [0.1, 0.15) is 11.1 Å². The highest BCUT2D eigenvalue weighted by atomic mass is 127. The van der Waals surface area contributed by atoms with Crippen molar-refractivity contribution in [2.75, 3.05) is 5.32 Å². The van der Waals surface area contributed by atoms with E-state index in [1.54, 1.807) is 18.2 Å². The maximum Gasteiger partial charge on any atom is 0.266 e. The number of anilines is 1. The normalized spacial score (nSPS) is 11.0. The Hall–Kier alpha value is -1.85. The van der Waals surface area contributed by atoms with E-state index < -0.39 is 5.91 Å². The lowest BCUT2D eigenvalue weighted by Crippen LogP contribution is -2.14. The van der Waals surface area contributed by atoms with Crippen LogP contribution in [-0.4, -0.2) is 11.0 Å². The third-order valence-corrected chi connectivity index (χ3v) is 4.54. The molecule has 0 aliphatic rings. The number of halogens is 2. The fourth-order valence-corrected chi connectivity index (χ4v) is 3.39. The summed E-state index contributed by atoms with van der Waals surface area (Å²) in [4.78, 5) is 12.3. The first-order valence-electron chi connectivity index (χ1n) is 6.59. The number of aromatic hydroxyl groups is 1. The fraction of sp³-hybridized carbons (Fsp3) is 0.0588. The number of para-hydroxylation sites is 1. The number of nitrogens with zero attached hydrogens (tertiary/aromatic N) is 1. The molecule has 2 N–H and O–H groups in total. The van der Waals surface area contributed by atoms with E-state index in [-0.39, 0.29) is 11.3 Å². The van der Waals surface area contributed by atoms with E-state index >= 15 is 0 Å². The molecule has 0 aliphatic heterocycles. The van der Waals surface area contributed by atoms with E-state index in [1.165, 1.54) is 6.08 Å². The number of nitriles is 1. The molecular weight excluding hydrogens is 471 g/mol. The Morgan fingerprint density at radius 3 is 2.70 bits per heavy atom. The molecule has 0 aliphatic carbocycles. The van der Waals surface area contributed by atoms with Crippen LogP contribution in [-0.2, 0) is 4.79 Å². The standard InChI is InChI=1S/C17H12BrIN2O2/c1-10-4-2-3-5-15(10)21-17(23)12(9-20)6-11-7-13(18)16(22)14(19)8-11/h2-8,22H,1H3,(H,21,23)/b12-6-. The molecule has 2 aromatic carbocycles. The number of phenolic OH excluding ortho intramolecular Hbond substituents is 1. The van der Waals surface area contributed by atoms with Gasteiger partial charge >= 0.3 is 0 Å². The Labute approximate surface area is 156 Å². The molecule has 116 valence electrons. The molecule has 2 rings (SSSR count). The number of amides is 1. The van der Waals surface area contributed by atoms with Crippen LogP contribution in [0.25, 0.3) is 6.08 Å². The van der Waals surface area contributed by atoms with Gasteiger partial charge in [0, 0.05) is 5.69 Å². The predicted octanol–water partition coefficient (Wildman–Crippen LogP) is 4.61. The number of aryl methyl sites for hydroxylation is 1. The van der Waals surface area contributed by atoms with Crippen molar-refractivity contribution in [2.24, 2.45) is 0 Å². The highest BCUT2D eigenvalue weighted by Gasteiger charge is 2.12. The Bertz CT molecular complexity index is 818. The smallest absolute Gasteiger partial charge is 0.266 e. The summed E-state index contributed by atoms with van der Waals surface area (Å²) in [7, 11) is 0.